The van der Waals surface area contributed by atoms with Gasteiger partial charge < -0.3 is 0 Å². The molecule has 2 N–H and O–H groups in total. The SMILES string of the molecule is CCN(O)c1cc(Cl)ccc1S(=O)(=O)O. The lowest BCUT2D eigenvalue weighted by Gasteiger charge is -2.17. The molecule has 0 bridgehead atoms. The minimum Gasteiger partial charge on any atom is -0.288 e. The van der Waals surface area contributed by atoms with Crippen LogP contribution in [0.4, 0.5) is 5.69 Å². The summed E-state index contributed by atoms with van der Waals surface area (Å²) in [4.78, 5) is -0.378. The molecule has 1 rings (SSSR count). The van der Waals surface area contributed by atoms with E-state index in [-0.39, 0.29) is 22.2 Å². The van der Waals surface area contributed by atoms with Gasteiger partial charge in [-0.3, -0.25) is 14.8 Å². The molecule has 0 heterocycles. The van der Waals surface area contributed by atoms with E-state index in [4.69, 9.17) is 16.2 Å². The Kier molecular flexibility index (Phi) is 3.56. The second kappa shape index (κ2) is 4.36. The summed E-state index contributed by atoms with van der Waals surface area (Å²) in [6.45, 7) is 1.79. The van der Waals surface area contributed by atoms with Crippen molar-refractivity contribution in [1.29, 1.82) is 0 Å². The second-order valence-electron chi connectivity index (χ2n) is 2.80. The molecule has 0 fully saturated rings. The van der Waals surface area contributed by atoms with Gasteiger partial charge in [-0.25, -0.2) is 0 Å². The van der Waals surface area contributed by atoms with Crippen LogP contribution in [0.25, 0.3) is 0 Å². The van der Waals surface area contributed by atoms with Crippen LogP contribution in [0, 0.1) is 0 Å². The van der Waals surface area contributed by atoms with Crippen LogP contribution in [-0.2, 0) is 10.1 Å². The van der Waals surface area contributed by atoms with Gasteiger partial charge in [0.1, 0.15) is 4.90 Å². The first-order chi connectivity index (χ1) is 6.86. The molecular weight excluding hydrogens is 242 g/mol. The van der Waals surface area contributed by atoms with Crippen molar-refractivity contribution >= 4 is 27.4 Å². The van der Waals surface area contributed by atoms with Crippen molar-refractivity contribution in [3.05, 3.63) is 23.2 Å². The predicted molar refractivity (Wildman–Crippen MR) is 56.1 cm³/mol. The molecule has 0 aliphatic rings. The van der Waals surface area contributed by atoms with Crippen LogP contribution in [-0.4, -0.2) is 24.7 Å². The Morgan fingerprint density at radius 3 is 2.53 bits per heavy atom. The highest BCUT2D eigenvalue weighted by Crippen LogP contribution is 2.27. The lowest BCUT2D eigenvalue weighted by Crippen LogP contribution is -2.19. The van der Waals surface area contributed by atoms with Gasteiger partial charge >= 0.3 is 0 Å². The van der Waals surface area contributed by atoms with Gasteiger partial charge in [-0.15, -0.1) is 0 Å². The lowest BCUT2D eigenvalue weighted by atomic mass is 10.3. The van der Waals surface area contributed by atoms with Gasteiger partial charge in [0.2, 0.25) is 0 Å². The van der Waals surface area contributed by atoms with E-state index in [1.54, 1.807) is 6.92 Å². The van der Waals surface area contributed by atoms with Crippen molar-refractivity contribution in [2.24, 2.45) is 0 Å². The average molecular weight is 252 g/mol. The Morgan fingerprint density at radius 1 is 1.47 bits per heavy atom. The Balaban J connectivity index is 3.40. The highest BCUT2D eigenvalue weighted by molar-refractivity contribution is 7.86. The molecule has 5 nitrogen and oxygen atoms in total. The fourth-order valence-electron chi connectivity index (χ4n) is 1.08. The van der Waals surface area contributed by atoms with E-state index in [1.807, 2.05) is 0 Å². The fourth-order valence-corrected chi connectivity index (χ4v) is 1.92. The molecule has 0 spiro atoms. The minimum atomic E-state index is -4.37. The molecule has 0 saturated heterocycles. The summed E-state index contributed by atoms with van der Waals surface area (Å²) in [7, 11) is -4.37. The number of benzene rings is 1. The molecule has 0 unspecified atom stereocenters. The van der Waals surface area contributed by atoms with E-state index >= 15 is 0 Å². The van der Waals surface area contributed by atoms with Crippen molar-refractivity contribution in [3.63, 3.8) is 0 Å². The van der Waals surface area contributed by atoms with Gasteiger partial charge in [0, 0.05) is 11.6 Å². The van der Waals surface area contributed by atoms with Crippen LogP contribution in [0.1, 0.15) is 6.92 Å². The van der Waals surface area contributed by atoms with Crippen molar-refractivity contribution in [3.8, 4) is 0 Å². The number of hydrogen-bond donors (Lipinski definition) is 2. The fraction of sp³-hybridized carbons (Fsp3) is 0.250. The normalized spacial score (nSPS) is 11.5. The largest absolute Gasteiger partial charge is 0.296 e. The molecule has 0 amide bonds. The molecule has 0 saturated carbocycles. The summed E-state index contributed by atoms with van der Waals surface area (Å²) >= 11 is 5.65. The van der Waals surface area contributed by atoms with Crippen LogP contribution in [0.2, 0.25) is 5.02 Å². The first-order valence-corrected chi connectivity index (χ1v) is 5.91. The number of hydroxylamine groups is 1. The number of hydrogen-bond acceptors (Lipinski definition) is 4. The van der Waals surface area contributed by atoms with Gasteiger partial charge in [0.15, 0.2) is 0 Å². The number of halogens is 1. The van der Waals surface area contributed by atoms with Gasteiger partial charge in [-0.1, -0.05) is 11.6 Å². The van der Waals surface area contributed by atoms with Crippen molar-refractivity contribution in [2.45, 2.75) is 11.8 Å². The minimum absolute atomic E-state index is 0.0486. The molecule has 0 atom stereocenters. The van der Waals surface area contributed by atoms with E-state index in [1.165, 1.54) is 12.1 Å². The average Bonchev–Trinajstić information content (AvgIpc) is 2.14. The van der Waals surface area contributed by atoms with Gasteiger partial charge in [0.25, 0.3) is 10.1 Å². The molecule has 84 valence electrons. The zero-order chi connectivity index (χ0) is 11.6. The highest BCUT2D eigenvalue weighted by atomic mass is 35.5. The summed E-state index contributed by atoms with van der Waals surface area (Å²) in [5, 5.41) is 10.4. The van der Waals surface area contributed by atoms with Crippen LogP contribution >= 0.6 is 11.6 Å². The highest BCUT2D eigenvalue weighted by Gasteiger charge is 2.18. The summed E-state index contributed by atoms with van der Waals surface area (Å²) in [6, 6.07) is 3.71. The molecule has 0 aliphatic heterocycles. The second-order valence-corrected chi connectivity index (χ2v) is 4.63. The molecule has 0 radical (unpaired) electrons. The zero-order valence-electron chi connectivity index (χ0n) is 7.88. The Morgan fingerprint density at radius 2 is 2.07 bits per heavy atom. The maximum absolute atomic E-state index is 11.0. The lowest BCUT2D eigenvalue weighted by molar-refractivity contribution is 0.257. The Bertz CT molecular complexity index is 460. The standard InChI is InChI=1S/C8H10ClNO4S/c1-2-10(11)7-5-6(9)3-4-8(7)15(12,13)14/h3-5,11H,2H2,1H3,(H,12,13,14). The van der Waals surface area contributed by atoms with E-state index in [0.29, 0.717) is 5.06 Å². The third-order valence-electron chi connectivity index (χ3n) is 1.78. The molecule has 0 aromatic heterocycles. The van der Waals surface area contributed by atoms with Crippen LogP contribution in [0.15, 0.2) is 23.1 Å². The Labute approximate surface area is 92.6 Å². The van der Waals surface area contributed by atoms with E-state index in [0.717, 1.165) is 6.07 Å². The zero-order valence-corrected chi connectivity index (χ0v) is 9.46. The summed E-state index contributed by atoms with van der Waals surface area (Å²) in [5.74, 6) is 0. The summed E-state index contributed by atoms with van der Waals surface area (Å²) < 4.78 is 30.8. The van der Waals surface area contributed by atoms with Gasteiger partial charge in [-0.05, 0) is 25.1 Å². The summed E-state index contributed by atoms with van der Waals surface area (Å²) in [5.41, 5.74) is -0.0486. The van der Waals surface area contributed by atoms with Gasteiger partial charge in [-0.2, -0.15) is 8.42 Å². The first kappa shape index (κ1) is 12.3. The van der Waals surface area contributed by atoms with Crippen LogP contribution in [0.5, 0.6) is 0 Å². The van der Waals surface area contributed by atoms with E-state index in [9.17, 15) is 13.6 Å². The number of rotatable bonds is 3. The molecule has 7 heteroatoms. The third kappa shape index (κ3) is 2.82. The maximum atomic E-state index is 11.0. The van der Waals surface area contributed by atoms with Crippen molar-refractivity contribution in [1.82, 2.24) is 0 Å². The third-order valence-corrected chi connectivity index (χ3v) is 2.91. The first-order valence-electron chi connectivity index (χ1n) is 4.09. The van der Waals surface area contributed by atoms with Crippen molar-refractivity contribution in [2.75, 3.05) is 11.6 Å². The number of nitrogens with zero attached hydrogens (tertiary/aromatic N) is 1. The van der Waals surface area contributed by atoms with Gasteiger partial charge in [0.05, 0.1) is 5.69 Å². The maximum Gasteiger partial charge on any atom is 0.296 e. The monoisotopic (exact) mass is 251 g/mol. The molecule has 1 aromatic carbocycles. The topological polar surface area (TPSA) is 77.8 Å². The quantitative estimate of drug-likeness (QED) is 0.633. The summed E-state index contributed by atoms with van der Waals surface area (Å²) in [6.07, 6.45) is 0. The molecular formula is C8H10ClNO4S. The van der Waals surface area contributed by atoms with E-state index in [2.05, 4.69) is 0 Å². The predicted octanol–water partition coefficient (Wildman–Crippen LogP) is 1.80. The molecule has 15 heavy (non-hydrogen) atoms. The molecule has 1 aromatic rings. The van der Waals surface area contributed by atoms with E-state index < -0.39 is 10.1 Å². The van der Waals surface area contributed by atoms with Crippen molar-refractivity contribution < 1.29 is 18.2 Å². The Hall–Kier alpha value is -0.820. The smallest absolute Gasteiger partial charge is 0.288 e. The van der Waals surface area contributed by atoms with Crippen LogP contribution < -0.4 is 5.06 Å². The van der Waals surface area contributed by atoms with Crippen LogP contribution in [0.3, 0.4) is 0 Å². The number of anilines is 1. The molecule has 0 aliphatic carbocycles.